The lowest BCUT2D eigenvalue weighted by atomic mass is 10.2. The molecule has 1 aromatic carbocycles. The van der Waals surface area contributed by atoms with Crippen LogP contribution in [-0.2, 0) is 23.6 Å². The Morgan fingerprint density at radius 2 is 1.71 bits per heavy atom. The summed E-state index contributed by atoms with van der Waals surface area (Å²) in [5.74, 6) is 0. The molecule has 0 amide bonds. The van der Waals surface area contributed by atoms with Crippen LogP contribution in [0.5, 0.6) is 0 Å². The molecule has 1 heterocycles. The third-order valence-corrected chi connectivity index (χ3v) is 5.59. The topological polar surface area (TPSA) is 55.2 Å². The number of benzene rings is 1. The average Bonchev–Trinajstić information content (AvgIpc) is 2.65. The van der Waals surface area contributed by atoms with Crippen LogP contribution in [0.4, 0.5) is 0 Å². The van der Waals surface area contributed by atoms with Gasteiger partial charge in [-0.1, -0.05) is 17.7 Å². The van der Waals surface area contributed by atoms with Crippen LogP contribution in [0.2, 0.25) is 0 Å². The maximum Gasteiger partial charge on any atom is 0.243 e. The van der Waals surface area contributed by atoms with Crippen molar-refractivity contribution >= 4 is 10.0 Å². The van der Waals surface area contributed by atoms with Gasteiger partial charge in [-0.3, -0.25) is 4.68 Å². The van der Waals surface area contributed by atoms with Crippen LogP contribution in [0.1, 0.15) is 22.5 Å². The van der Waals surface area contributed by atoms with Crippen molar-refractivity contribution < 1.29 is 8.42 Å². The molecule has 0 spiro atoms. The van der Waals surface area contributed by atoms with Crippen LogP contribution in [0, 0.1) is 20.8 Å². The highest BCUT2D eigenvalue weighted by molar-refractivity contribution is 7.89. The van der Waals surface area contributed by atoms with Gasteiger partial charge in [0.25, 0.3) is 0 Å². The monoisotopic (exact) mass is 307 g/mol. The predicted octanol–water partition coefficient (Wildman–Crippen LogP) is 2.17. The fourth-order valence-corrected chi connectivity index (χ4v) is 3.38. The zero-order chi connectivity index (χ0) is 15.8. The Hall–Kier alpha value is -1.66. The normalized spacial score (nSPS) is 12.1. The molecule has 114 valence electrons. The first-order valence-electron chi connectivity index (χ1n) is 6.75. The minimum absolute atomic E-state index is 0.315. The molecule has 2 aromatic rings. The standard InChI is InChI=1S/C15H21N3O2S/c1-11-6-8-14(9-7-11)21(19,20)17(4)10-15-12(2)16-18(5)13(15)3/h6-9H,10H2,1-5H3. The Kier molecular flexibility index (Phi) is 4.20. The van der Waals surface area contributed by atoms with E-state index in [0.717, 1.165) is 22.5 Å². The third-order valence-electron chi connectivity index (χ3n) is 3.77. The van der Waals surface area contributed by atoms with Gasteiger partial charge in [0, 0.05) is 31.9 Å². The Morgan fingerprint density at radius 3 is 2.19 bits per heavy atom. The predicted molar refractivity (Wildman–Crippen MR) is 82.5 cm³/mol. The summed E-state index contributed by atoms with van der Waals surface area (Å²) in [4.78, 5) is 0.315. The van der Waals surface area contributed by atoms with Crippen molar-refractivity contribution in [2.75, 3.05) is 7.05 Å². The fourth-order valence-electron chi connectivity index (χ4n) is 2.24. The summed E-state index contributed by atoms with van der Waals surface area (Å²) >= 11 is 0. The molecule has 6 heteroatoms. The zero-order valence-corrected chi connectivity index (χ0v) is 13.9. The van der Waals surface area contributed by atoms with E-state index < -0.39 is 10.0 Å². The molecule has 0 saturated carbocycles. The van der Waals surface area contributed by atoms with Crippen molar-refractivity contribution in [1.82, 2.24) is 14.1 Å². The molecule has 0 bridgehead atoms. The minimum atomic E-state index is -3.48. The van der Waals surface area contributed by atoms with Crippen molar-refractivity contribution in [1.29, 1.82) is 0 Å². The van der Waals surface area contributed by atoms with Gasteiger partial charge in [0.2, 0.25) is 10.0 Å². The molecule has 5 nitrogen and oxygen atoms in total. The Morgan fingerprint density at radius 1 is 1.14 bits per heavy atom. The van der Waals surface area contributed by atoms with Gasteiger partial charge in [0.1, 0.15) is 0 Å². The molecule has 0 N–H and O–H groups in total. The first-order valence-corrected chi connectivity index (χ1v) is 8.19. The quantitative estimate of drug-likeness (QED) is 0.870. The van der Waals surface area contributed by atoms with Crippen molar-refractivity contribution in [2.24, 2.45) is 7.05 Å². The summed E-state index contributed by atoms with van der Waals surface area (Å²) in [5.41, 5.74) is 3.84. The highest BCUT2D eigenvalue weighted by Gasteiger charge is 2.23. The average molecular weight is 307 g/mol. The van der Waals surface area contributed by atoms with Crippen molar-refractivity contribution in [3.05, 3.63) is 46.8 Å². The van der Waals surface area contributed by atoms with Gasteiger partial charge in [-0.25, -0.2) is 8.42 Å². The van der Waals surface area contributed by atoms with Gasteiger partial charge in [-0.15, -0.1) is 0 Å². The van der Waals surface area contributed by atoms with E-state index in [1.165, 1.54) is 4.31 Å². The second-order valence-electron chi connectivity index (χ2n) is 5.35. The molecule has 0 saturated heterocycles. The Bertz CT molecular complexity index is 746. The van der Waals surface area contributed by atoms with Crippen molar-refractivity contribution in [3.8, 4) is 0 Å². The largest absolute Gasteiger partial charge is 0.272 e. The Labute approximate surface area is 126 Å². The number of nitrogens with zero attached hydrogens (tertiary/aromatic N) is 3. The van der Waals surface area contributed by atoms with Crippen LogP contribution < -0.4 is 0 Å². The third kappa shape index (κ3) is 3.01. The highest BCUT2D eigenvalue weighted by atomic mass is 32.2. The second kappa shape index (κ2) is 5.61. The first kappa shape index (κ1) is 15.7. The van der Waals surface area contributed by atoms with E-state index >= 15 is 0 Å². The summed E-state index contributed by atoms with van der Waals surface area (Å²) in [6, 6.07) is 6.90. The summed E-state index contributed by atoms with van der Waals surface area (Å²) in [7, 11) is -0.0222. The molecule has 21 heavy (non-hydrogen) atoms. The molecule has 0 unspecified atom stereocenters. The van der Waals surface area contributed by atoms with Gasteiger partial charge in [0.05, 0.1) is 10.6 Å². The second-order valence-corrected chi connectivity index (χ2v) is 7.39. The summed E-state index contributed by atoms with van der Waals surface area (Å²) in [6.45, 7) is 6.10. The number of aromatic nitrogens is 2. The van der Waals surface area contributed by atoms with Gasteiger partial charge in [-0.2, -0.15) is 9.40 Å². The molecule has 2 rings (SSSR count). The summed E-state index contributed by atoms with van der Waals surface area (Å²) in [6.07, 6.45) is 0. The van der Waals surface area contributed by atoms with Gasteiger partial charge in [0.15, 0.2) is 0 Å². The van der Waals surface area contributed by atoms with Gasteiger partial charge >= 0.3 is 0 Å². The van der Waals surface area contributed by atoms with Crippen LogP contribution in [-0.4, -0.2) is 29.6 Å². The molecule has 1 aromatic heterocycles. The van der Waals surface area contributed by atoms with E-state index in [0.29, 0.717) is 11.4 Å². The smallest absolute Gasteiger partial charge is 0.243 e. The van der Waals surface area contributed by atoms with Crippen LogP contribution in [0.25, 0.3) is 0 Å². The number of hydrogen-bond donors (Lipinski definition) is 0. The van der Waals surface area contributed by atoms with Gasteiger partial charge < -0.3 is 0 Å². The molecule has 0 aliphatic carbocycles. The molecule has 0 atom stereocenters. The van der Waals surface area contributed by atoms with E-state index in [-0.39, 0.29) is 0 Å². The molecular weight excluding hydrogens is 286 g/mol. The Balaban J connectivity index is 2.30. The maximum atomic E-state index is 12.6. The lowest BCUT2D eigenvalue weighted by Crippen LogP contribution is -2.27. The summed E-state index contributed by atoms with van der Waals surface area (Å²) in [5, 5.41) is 4.33. The van der Waals surface area contributed by atoms with Crippen LogP contribution in [0.15, 0.2) is 29.2 Å². The van der Waals surface area contributed by atoms with E-state index in [2.05, 4.69) is 5.10 Å². The SMILES string of the molecule is Cc1ccc(S(=O)(=O)N(C)Cc2c(C)nn(C)c2C)cc1. The molecule has 0 radical (unpaired) electrons. The van der Waals surface area contributed by atoms with Crippen LogP contribution in [0.3, 0.4) is 0 Å². The zero-order valence-electron chi connectivity index (χ0n) is 13.1. The van der Waals surface area contributed by atoms with Crippen molar-refractivity contribution in [3.63, 3.8) is 0 Å². The fraction of sp³-hybridized carbons (Fsp3) is 0.400. The molecule has 0 fully saturated rings. The number of hydrogen-bond acceptors (Lipinski definition) is 3. The van der Waals surface area contributed by atoms with E-state index in [1.807, 2.05) is 27.8 Å². The molecular formula is C15H21N3O2S. The van der Waals surface area contributed by atoms with Crippen LogP contribution >= 0.6 is 0 Å². The lowest BCUT2D eigenvalue weighted by molar-refractivity contribution is 0.465. The van der Waals surface area contributed by atoms with Gasteiger partial charge in [-0.05, 0) is 32.9 Å². The minimum Gasteiger partial charge on any atom is -0.272 e. The van der Waals surface area contributed by atoms with E-state index in [9.17, 15) is 8.42 Å². The number of aryl methyl sites for hydroxylation is 3. The summed E-state index contributed by atoms with van der Waals surface area (Å²) < 4.78 is 28.3. The van der Waals surface area contributed by atoms with E-state index in [1.54, 1.807) is 36.0 Å². The molecule has 0 aliphatic heterocycles. The first-order chi connectivity index (χ1) is 9.73. The highest BCUT2D eigenvalue weighted by Crippen LogP contribution is 2.20. The number of rotatable bonds is 4. The molecule has 0 aliphatic rings. The van der Waals surface area contributed by atoms with E-state index in [4.69, 9.17) is 0 Å². The maximum absolute atomic E-state index is 12.6. The number of sulfonamides is 1. The lowest BCUT2D eigenvalue weighted by Gasteiger charge is -2.17. The van der Waals surface area contributed by atoms with Crippen molar-refractivity contribution in [2.45, 2.75) is 32.2 Å².